The van der Waals surface area contributed by atoms with Gasteiger partial charge in [-0.05, 0) is 24.1 Å². The summed E-state index contributed by atoms with van der Waals surface area (Å²) in [6.45, 7) is 2.11. The molecule has 4 nitrogen and oxygen atoms in total. The molecule has 9 heteroatoms. The fourth-order valence-electron chi connectivity index (χ4n) is 1.55. The van der Waals surface area contributed by atoms with Crippen molar-refractivity contribution >= 4 is 69.1 Å². The summed E-state index contributed by atoms with van der Waals surface area (Å²) in [6, 6.07) is 5.48. The van der Waals surface area contributed by atoms with E-state index < -0.39 is 0 Å². The smallest absolute Gasteiger partial charge is 0.236 e. The zero-order valence-electron chi connectivity index (χ0n) is 12.3. The number of carbonyl (C=O) groups is 1. The van der Waals surface area contributed by atoms with Crippen LogP contribution in [0.1, 0.15) is 18.9 Å². The fraction of sp³-hybridized carbons (Fsp3) is 0.357. The molecule has 2 aromatic rings. The van der Waals surface area contributed by atoms with Gasteiger partial charge in [-0.1, -0.05) is 59.3 Å². The Balaban J connectivity index is 1.74. The minimum absolute atomic E-state index is 0.0850. The largest absolute Gasteiger partial charge is 0.300 e. The van der Waals surface area contributed by atoms with E-state index in [2.05, 4.69) is 22.4 Å². The Morgan fingerprint density at radius 3 is 2.87 bits per heavy atom. The van der Waals surface area contributed by atoms with Gasteiger partial charge in [0, 0.05) is 11.5 Å². The van der Waals surface area contributed by atoms with E-state index in [9.17, 15) is 4.79 Å². The molecule has 124 valence electrons. The van der Waals surface area contributed by atoms with Gasteiger partial charge < -0.3 is 0 Å². The van der Waals surface area contributed by atoms with Crippen molar-refractivity contribution in [1.29, 1.82) is 0 Å². The van der Waals surface area contributed by atoms with Crippen molar-refractivity contribution in [2.75, 3.05) is 16.8 Å². The number of amides is 1. The van der Waals surface area contributed by atoms with Gasteiger partial charge >= 0.3 is 0 Å². The lowest BCUT2D eigenvalue weighted by atomic mass is 10.2. The lowest BCUT2D eigenvalue weighted by molar-refractivity contribution is -0.113. The van der Waals surface area contributed by atoms with E-state index in [1.807, 2.05) is 12.1 Å². The van der Waals surface area contributed by atoms with Gasteiger partial charge in [-0.2, -0.15) is 0 Å². The number of halogens is 2. The number of thioether (sulfide) groups is 2. The number of benzene rings is 1. The van der Waals surface area contributed by atoms with E-state index in [1.165, 1.54) is 23.1 Å². The van der Waals surface area contributed by atoms with Gasteiger partial charge in [-0.25, -0.2) is 0 Å². The van der Waals surface area contributed by atoms with Gasteiger partial charge in [0.15, 0.2) is 4.34 Å². The van der Waals surface area contributed by atoms with Crippen LogP contribution in [-0.4, -0.2) is 27.6 Å². The Labute approximate surface area is 157 Å². The zero-order valence-corrected chi connectivity index (χ0v) is 16.3. The number of nitrogens with one attached hydrogen (secondary N) is 1. The van der Waals surface area contributed by atoms with E-state index in [0.717, 1.165) is 22.1 Å². The fourth-order valence-corrected chi connectivity index (χ4v) is 4.34. The maximum atomic E-state index is 11.9. The molecule has 1 amide bonds. The highest BCUT2D eigenvalue weighted by atomic mass is 35.5. The van der Waals surface area contributed by atoms with Crippen molar-refractivity contribution in [3.63, 3.8) is 0 Å². The van der Waals surface area contributed by atoms with Crippen LogP contribution in [0.3, 0.4) is 0 Å². The van der Waals surface area contributed by atoms with Crippen molar-refractivity contribution < 1.29 is 4.79 Å². The second-order valence-corrected chi connectivity index (χ2v) is 8.63. The predicted molar refractivity (Wildman–Crippen MR) is 102 cm³/mol. The van der Waals surface area contributed by atoms with Crippen molar-refractivity contribution in [2.24, 2.45) is 0 Å². The molecule has 1 aromatic heterocycles. The quantitative estimate of drug-likeness (QED) is 0.480. The standard InChI is InChI=1S/C14H15Cl2N3OS3/c1-2-5-22-14-19-18-13(23-14)17-12(20)8-21-7-9-3-4-10(15)11(16)6-9/h3-4,6H,2,5,7-8H2,1H3,(H,17,18,20). The summed E-state index contributed by atoms with van der Waals surface area (Å²) in [4.78, 5) is 11.9. The molecule has 0 aliphatic heterocycles. The number of carbonyl (C=O) groups excluding carboxylic acids is 1. The first kappa shape index (κ1) is 18.9. The number of rotatable bonds is 8. The average Bonchev–Trinajstić information content (AvgIpc) is 2.96. The molecule has 0 saturated carbocycles. The summed E-state index contributed by atoms with van der Waals surface area (Å²) in [6.07, 6.45) is 1.08. The second-order valence-electron chi connectivity index (χ2n) is 4.51. The molecule has 0 aliphatic rings. The molecule has 1 N–H and O–H groups in total. The first-order chi connectivity index (χ1) is 11.1. The molecule has 23 heavy (non-hydrogen) atoms. The normalized spacial score (nSPS) is 10.7. The topological polar surface area (TPSA) is 54.9 Å². The number of hydrogen-bond donors (Lipinski definition) is 1. The Hall–Kier alpha value is -0.470. The predicted octanol–water partition coefficient (Wildman–Crippen LogP) is 5.22. The van der Waals surface area contributed by atoms with E-state index in [4.69, 9.17) is 23.2 Å². The van der Waals surface area contributed by atoms with Crippen molar-refractivity contribution in [2.45, 2.75) is 23.4 Å². The van der Waals surface area contributed by atoms with Gasteiger partial charge in [0.2, 0.25) is 11.0 Å². The third-order valence-electron chi connectivity index (χ3n) is 2.57. The highest BCUT2D eigenvalue weighted by Gasteiger charge is 2.09. The summed E-state index contributed by atoms with van der Waals surface area (Å²) < 4.78 is 0.880. The average molecular weight is 408 g/mol. The number of nitrogens with zero attached hydrogens (tertiary/aromatic N) is 2. The van der Waals surface area contributed by atoms with Crippen LogP contribution in [0.5, 0.6) is 0 Å². The maximum absolute atomic E-state index is 11.9. The minimum Gasteiger partial charge on any atom is -0.300 e. The summed E-state index contributed by atoms with van der Waals surface area (Å²) in [5.74, 6) is 1.95. The van der Waals surface area contributed by atoms with E-state index in [0.29, 0.717) is 26.7 Å². The molecule has 0 spiro atoms. The molecule has 0 saturated heterocycles. The van der Waals surface area contributed by atoms with Crippen LogP contribution in [0.4, 0.5) is 5.13 Å². The number of aromatic nitrogens is 2. The Morgan fingerprint density at radius 1 is 1.30 bits per heavy atom. The summed E-state index contributed by atoms with van der Waals surface area (Å²) in [5.41, 5.74) is 1.03. The summed E-state index contributed by atoms with van der Waals surface area (Å²) in [7, 11) is 0. The van der Waals surface area contributed by atoms with E-state index in [-0.39, 0.29) is 5.91 Å². The van der Waals surface area contributed by atoms with Crippen LogP contribution in [0.15, 0.2) is 22.5 Å². The minimum atomic E-state index is -0.0850. The van der Waals surface area contributed by atoms with Gasteiger partial charge in [0.25, 0.3) is 0 Å². The lowest BCUT2D eigenvalue weighted by Gasteiger charge is -2.03. The molecule has 0 atom stereocenters. The van der Waals surface area contributed by atoms with Crippen molar-refractivity contribution in [3.05, 3.63) is 33.8 Å². The second kappa shape index (κ2) is 9.74. The Kier molecular flexibility index (Phi) is 7.98. The van der Waals surface area contributed by atoms with Crippen LogP contribution in [-0.2, 0) is 10.5 Å². The van der Waals surface area contributed by atoms with Crippen LogP contribution in [0.2, 0.25) is 10.0 Å². The Bertz CT molecular complexity index is 666. The molecule has 1 aromatic carbocycles. The zero-order chi connectivity index (χ0) is 16.7. The van der Waals surface area contributed by atoms with Gasteiger partial charge in [-0.15, -0.1) is 22.0 Å². The molecule has 0 radical (unpaired) electrons. The first-order valence-electron chi connectivity index (χ1n) is 6.86. The number of hydrogen-bond acceptors (Lipinski definition) is 6. The van der Waals surface area contributed by atoms with Crippen molar-refractivity contribution in [3.8, 4) is 0 Å². The maximum Gasteiger partial charge on any atom is 0.236 e. The van der Waals surface area contributed by atoms with E-state index >= 15 is 0 Å². The van der Waals surface area contributed by atoms with E-state index in [1.54, 1.807) is 17.8 Å². The van der Waals surface area contributed by atoms with Crippen LogP contribution in [0, 0.1) is 0 Å². The van der Waals surface area contributed by atoms with Gasteiger partial charge in [0.1, 0.15) is 0 Å². The number of anilines is 1. The summed E-state index contributed by atoms with van der Waals surface area (Å²) >= 11 is 16.4. The monoisotopic (exact) mass is 407 g/mol. The molecule has 0 bridgehead atoms. The molecular formula is C14H15Cl2N3OS3. The molecular weight excluding hydrogens is 393 g/mol. The van der Waals surface area contributed by atoms with Gasteiger partial charge in [-0.3, -0.25) is 10.1 Å². The van der Waals surface area contributed by atoms with Crippen LogP contribution < -0.4 is 5.32 Å². The first-order valence-corrected chi connectivity index (χ1v) is 10.6. The highest BCUT2D eigenvalue weighted by Crippen LogP contribution is 2.26. The lowest BCUT2D eigenvalue weighted by Crippen LogP contribution is -2.13. The highest BCUT2D eigenvalue weighted by molar-refractivity contribution is 8.01. The van der Waals surface area contributed by atoms with Crippen LogP contribution >= 0.6 is 58.1 Å². The SMILES string of the molecule is CCCSc1nnc(NC(=O)CSCc2ccc(Cl)c(Cl)c2)s1. The molecule has 0 unspecified atom stereocenters. The molecule has 0 aliphatic carbocycles. The Morgan fingerprint density at radius 2 is 2.13 bits per heavy atom. The third-order valence-corrected chi connectivity index (χ3v) is 6.49. The summed E-state index contributed by atoms with van der Waals surface area (Å²) in [5, 5.41) is 12.4. The third kappa shape index (κ3) is 6.51. The van der Waals surface area contributed by atoms with Gasteiger partial charge in [0.05, 0.1) is 15.8 Å². The molecule has 2 rings (SSSR count). The molecule has 0 fully saturated rings. The van der Waals surface area contributed by atoms with Crippen LogP contribution in [0.25, 0.3) is 0 Å². The van der Waals surface area contributed by atoms with Crippen molar-refractivity contribution in [1.82, 2.24) is 10.2 Å². The molecule has 1 heterocycles.